The maximum Gasteiger partial charge on any atom is -0.0139 e. The van der Waals surface area contributed by atoms with Crippen molar-refractivity contribution in [1.29, 1.82) is 0 Å². The minimum absolute atomic E-state index is 0.295. The van der Waals surface area contributed by atoms with Crippen LogP contribution in [0.1, 0.15) is 182 Å². The molecular formula is C31H66S. The lowest BCUT2D eigenvalue weighted by atomic mass is 10.1. The Balaban J connectivity index is 3.93. The summed E-state index contributed by atoms with van der Waals surface area (Å²) in [4.78, 5) is 0. The lowest BCUT2D eigenvalue weighted by Crippen LogP contribution is -2.13. The van der Waals surface area contributed by atoms with Crippen LogP contribution in [0.3, 0.4) is 0 Å². The van der Waals surface area contributed by atoms with Crippen molar-refractivity contribution in [3.63, 3.8) is 0 Å². The minimum atomic E-state index is 0.295. The Hall–Kier alpha value is 0.350. The summed E-state index contributed by atoms with van der Waals surface area (Å²) in [5.74, 6) is 3.18. The van der Waals surface area contributed by atoms with Gasteiger partial charge in [-0.25, -0.2) is 0 Å². The quantitative estimate of drug-likeness (QED) is 0.0895. The minimum Gasteiger partial charge on any atom is -0.251 e. The third-order valence-corrected chi connectivity index (χ3v) is 10.9. The smallest absolute Gasteiger partial charge is 0.0139 e. The van der Waals surface area contributed by atoms with E-state index in [1.807, 2.05) is 0 Å². The Morgan fingerprint density at radius 1 is 0.375 bits per heavy atom. The van der Waals surface area contributed by atoms with Crippen LogP contribution in [0.25, 0.3) is 0 Å². The first-order chi connectivity index (χ1) is 15.8. The first-order valence-electron chi connectivity index (χ1n) is 15.5. The van der Waals surface area contributed by atoms with Gasteiger partial charge in [0.1, 0.15) is 0 Å². The van der Waals surface area contributed by atoms with Crippen molar-refractivity contribution in [3.05, 3.63) is 0 Å². The van der Waals surface area contributed by atoms with E-state index in [-0.39, 0.29) is 0 Å². The second-order valence-corrected chi connectivity index (χ2v) is 13.4. The monoisotopic (exact) mass is 470 g/mol. The van der Waals surface area contributed by atoms with Crippen LogP contribution in [0, 0.1) is 0 Å². The molecular weight excluding hydrogens is 404 g/mol. The zero-order chi connectivity index (χ0) is 23.5. The molecule has 0 amide bonds. The number of thiol groups is 1. The number of rotatable bonds is 27. The Bertz CT molecular complexity index is 302. The van der Waals surface area contributed by atoms with Gasteiger partial charge in [-0.05, 0) is 42.4 Å². The molecule has 0 bridgehead atoms. The van der Waals surface area contributed by atoms with Crippen LogP contribution in [0.5, 0.6) is 0 Å². The van der Waals surface area contributed by atoms with Gasteiger partial charge < -0.3 is 0 Å². The van der Waals surface area contributed by atoms with Gasteiger partial charge in [0, 0.05) is 0 Å². The highest BCUT2D eigenvalue weighted by Gasteiger charge is 2.15. The Labute approximate surface area is 209 Å². The molecule has 0 aromatic heterocycles. The fraction of sp³-hybridized carbons (Fsp3) is 1.00. The van der Waals surface area contributed by atoms with Gasteiger partial charge in [-0.3, -0.25) is 10.9 Å². The van der Waals surface area contributed by atoms with Gasteiger partial charge in [-0.1, -0.05) is 156 Å². The predicted octanol–water partition coefficient (Wildman–Crippen LogP) is 11.8. The van der Waals surface area contributed by atoms with Crippen molar-refractivity contribution in [2.24, 2.45) is 0 Å². The summed E-state index contributed by atoms with van der Waals surface area (Å²) in [6.45, 7) is 9.49. The molecule has 0 radical (unpaired) electrons. The molecule has 0 aromatic carbocycles. The van der Waals surface area contributed by atoms with E-state index in [4.69, 9.17) is 0 Å². The highest BCUT2D eigenvalue weighted by molar-refractivity contribution is 8.17. The summed E-state index contributed by atoms with van der Waals surface area (Å²) < 4.78 is 0. The predicted molar refractivity (Wildman–Crippen MR) is 156 cm³/mol. The SMILES string of the molecule is CCCCCCCCCCCC[SH](CCCCCCCCCCCC)C(CC)CCCC. The van der Waals surface area contributed by atoms with Crippen molar-refractivity contribution >= 4 is 10.9 Å². The van der Waals surface area contributed by atoms with E-state index in [1.165, 1.54) is 154 Å². The summed E-state index contributed by atoms with van der Waals surface area (Å²) in [5.41, 5.74) is 0. The topological polar surface area (TPSA) is 0 Å². The molecule has 0 spiro atoms. The van der Waals surface area contributed by atoms with Crippen molar-refractivity contribution < 1.29 is 0 Å². The van der Waals surface area contributed by atoms with E-state index in [2.05, 4.69) is 27.7 Å². The molecule has 1 unspecified atom stereocenters. The molecule has 0 nitrogen and oxygen atoms in total. The highest BCUT2D eigenvalue weighted by atomic mass is 32.2. The highest BCUT2D eigenvalue weighted by Crippen LogP contribution is 2.39. The standard InChI is InChI=1S/C31H66S/c1-5-9-12-14-16-18-20-22-24-26-29-32(31(8-4)28-11-7-3)30-27-25-23-21-19-17-15-13-10-6-2/h31-32H,5-30H2,1-4H3. The first-order valence-corrected chi connectivity index (χ1v) is 17.3. The molecule has 0 aliphatic carbocycles. The Morgan fingerprint density at radius 2 is 0.688 bits per heavy atom. The van der Waals surface area contributed by atoms with Crippen LogP contribution < -0.4 is 0 Å². The lowest BCUT2D eigenvalue weighted by Gasteiger charge is -2.31. The van der Waals surface area contributed by atoms with Gasteiger partial charge in [0.15, 0.2) is 0 Å². The second kappa shape index (κ2) is 27.6. The maximum atomic E-state index is 2.48. The molecule has 0 N–H and O–H groups in total. The van der Waals surface area contributed by atoms with Crippen molar-refractivity contribution in [3.8, 4) is 0 Å². The molecule has 196 valence electrons. The molecule has 0 saturated heterocycles. The summed E-state index contributed by atoms with van der Waals surface area (Å²) in [6, 6.07) is 0. The summed E-state index contributed by atoms with van der Waals surface area (Å²) >= 11 is 0. The molecule has 0 fully saturated rings. The third-order valence-electron chi connectivity index (χ3n) is 7.48. The maximum absolute atomic E-state index is 2.48. The fourth-order valence-corrected chi connectivity index (χ4v) is 8.44. The van der Waals surface area contributed by atoms with Crippen LogP contribution in [0.2, 0.25) is 0 Å². The fourth-order valence-electron chi connectivity index (χ4n) is 5.17. The van der Waals surface area contributed by atoms with Crippen LogP contribution >= 0.6 is 10.9 Å². The molecule has 0 rings (SSSR count). The molecule has 0 aliphatic heterocycles. The number of unbranched alkanes of at least 4 members (excludes halogenated alkanes) is 19. The molecule has 1 atom stereocenters. The average Bonchev–Trinajstić information content (AvgIpc) is 2.81. The van der Waals surface area contributed by atoms with E-state index in [9.17, 15) is 0 Å². The second-order valence-electron chi connectivity index (χ2n) is 10.6. The van der Waals surface area contributed by atoms with E-state index < -0.39 is 0 Å². The van der Waals surface area contributed by atoms with Crippen molar-refractivity contribution in [1.82, 2.24) is 0 Å². The van der Waals surface area contributed by atoms with Gasteiger partial charge in [0.2, 0.25) is 0 Å². The van der Waals surface area contributed by atoms with E-state index in [1.54, 1.807) is 11.5 Å². The largest absolute Gasteiger partial charge is 0.251 e. The number of hydrogen-bond acceptors (Lipinski definition) is 0. The molecule has 0 aliphatic rings. The van der Waals surface area contributed by atoms with E-state index >= 15 is 0 Å². The van der Waals surface area contributed by atoms with Crippen LogP contribution in [-0.2, 0) is 0 Å². The molecule has 0 aromatic rings. The summed E-state index contributed by atoms with van der Waals surface area (Å²) in [7, 11) is 0.295. The van der Waals surface area contributed by atoms with Crippen LogP contribution in [-0.4, -0.2) is 16.8 Å². The molecule has 0 heterocycles. The molecule has 32 heavy (non-hydrogen) atoms. The van der Waals surface area contributed by atoms with Crippen LogP contribution in [0.15, 0.2) is 0 Å². The van der Waals surface area contributed by atoms with Crippen molar-refractivity contribution in [2.75, 3.05) is 11.5 Å². The van der Waals surface area contributed by atoms with Crippen molar-refractivity contribution in [2.45, 2.75) is 187 Å². The first kappa shape index (κ1) is 32.4. The summed E-state index contributed by atoms with van der Waals surface area (Å²) in [5, 5.41) is 1.07. The summed E-state index contributed by atoms with van der Waals surface area (Å²) in [6.07, 6.45) is 35.4. The Morgan fingerprint density at radius 3 is 1.00 bits per heavy atom. The van der Waals surface area contributed by atoms with Gasteiger partial charge >= 0.3 is 0 Å². The average molecular weight is 471 g/mol. The zero-order valence-corrected chi connectivity index (χ0v) is 24.3. The van der Waals surface area contributed by atoms with Gasteiger partial charge in [-0.2, -0.15) is 0 Å². The normalized spacial score (nSPS) is 12.9. The zero-order valence-electron chi connectivity index (χ0n) is 23.4. The van der Waals surface area contributed by atoms with E-state index in [0.717, 1.165) is 5.25 Å². The Kier molecular flexibility index (Phi) is 27.9. The third kappa shape index (κ3) is 22.2. The molecule has 0 saturated carbocycles. The molecule has 1 heteroatoms. The number of hydrogen-bond donors (Lipinski definition) is 1. The van der Waals surface area contributed by atoms with E-state index in [0.29, 0.717) is 10.9 Å². The lowest BCUT2D eigenvalue weighted by molar-refractivity contribution is 0.561. The van der Waals surface area contributed by atoms with Gasteiger partial charge in [0.25, 0.3) is 0 Å². The van der Waals surface area contributed by atoms with Gasteiger partial charge in [0.05, 0.1) is 0 Å². The van der Waals surface area contributed by atoms with Crippen LogP contribution in [0.4, 0.5) is 0 Å². The van der Waals surface area contributed by atoms with Gasteiger partial charge in [-0.15, -0.1) is 0 Å².